The average Bonchev–Trinajstić information content (AvgIpc) is 3.54. The maximum Gasteiger partial charge on any atom is 0.160 e. The van der Waals surface area contributed by atoms with E-state index in [2.05, 4.69) is 161 Å². The maximum absolute atomic E-state index is 5.11. The number of para-hydroxylation sites is 3. The Morgan fingerprint density at radius 2 is 1.22 bits per heavy atom. The summed E-state index contributed by atoms with van der Waals surface area (Å²) in [6, 6.07) is 49.5. The normalized spacial score (nSPS) is 12.8. The standard InChI is InChI=1S/C45H32N4/c1-3-11-35(12-4-1)45-47-41(33-24-20-31(21-25-33)36-13-10-28-46-30-36)29-42(48-45)34-26-22-32(23-27-34)38-17-9-18-40-39-16-7-8-19-43(39)49(44(38)40)37-14-5-2-6-15-37/h2-3,5-30H,1,4H2. The lowest BCUT2D eigenvalue weighted by Gasteiger charge is -2.13. The summed E-state index contributed by atoms with van der Waals surface area (Å²) in [5.41, 5.74) is 13.1. The van der Waals surface area contributed by atoms with Crippen LogP contribution in [0.4, 0.5) is 0 Å². The van der Waals surface area contributed by atoms with Gasteiger partial charge in [-0.2, -0.15) is 0 Å². The second-order valence-corrected chi connectivity index (χ2v) is 12.4. The topological polar surface area (TPSA) is 43.6 Å². The van der Waals surface area contributed by atoms with Crippen molar-refractivity contribution >= 4 is 27.4 Å². The van der Waals surface area contributed by atoms with E-state index < -0.39 is 0 Å². The summed E-state index contributed by atoms with van der Waals surface area (Å²) in [6.45, 7) is 0. The molecule has 0 aliphatic heterocycles. The van der Waals surface area contributed by atoms with E-state index in [0.29, 0.717) is 0 Å². The molecule has 0 N–H and O–H groups in total. The molecule has 1 aliphatic rings. The smallest absolute Gasteiger partial charge is 0.160 e. The molecule has 0 atom stereocenters. The van der Waals surface area contributed by atoms with E-state index in [-0.39, 0.29) is 0 Å². The van der Waals surface area contributed by atoms with Gasteiger partial charge in [0, 0.05) is 51.1 Å². The molecular weight excluding hydrogens is 597 g/mol. The summed E-state index contributed by atoms with van der Waals surface area (Å²) in [4.78, 5) is 14.5. The molecule has 49 heavy (non-hydrogen) atoms. The lowest BCUT2D eigenvalue weighted by Crippen LogP contribution is -1.99. The molecule has 4 heteroatoms. The minimum atomic E-state index is 0.751. The van der Waals surface area contributed by atoms with Crippen molar-refractivity contribution in [2.75, 3.05) is 0 Å². The fourth-order valence-electron chi connectivity index (χ4n) is 6.94. The third kappa shape index (κ3) is 5.34. The molecule has 4 nitrogen and oxygen atoms in total. The summed E-state index contributed by atoms with van der Waals surface area (Å²) >= 11 is 0. The zero-order valence-corrected chi connectivity index (χ0v) is 26.9. The summed E-state index contributed by atoms with van der Waals surface area (Å²) < 4.78 is 2.39. The van der Waals surface area contributed by atoms with E-state index >= 15 is 0 Å². The minimum absolute atomic E-state index is 0.751. The third-order valence-electron chi connectivity index (χ3n) is 9.36. The van der Waals surface area contributed by atoms with Crippen LogP contribution in [0.3, 0.4) is 0 Å². The van der Waals surface area contributed by atoms with Gasteiger partial charge in [-0.3, -0.25) is 4.98 Å². The molecular formula is C45H32N4. The molecule has 0 saturated carbocycles. The Balaban J connectivity index is 1.14. The van der Waals surface area contributed by atoms with Gasteiger partial charge in [-0.05, 0) is 59.9 Å². The molecule has 0 fully saturated rings. The van der Waals surface area contributed by atoms with E-state index in [4.69, 9.17) is 9.97 Å². The van der Waals surface area contributed by atoms with E-state index in [1.165, 1.54) is 27.4 Å². The lowest BCUT2D eigenvalue weighted by molar-refractivity contribution is 1.03. The largest absolute Gasteiger partial charge is 0.309 e. The summed E-state index contributed by atoms with van der Waals surface area (Å²) in [7, 11) is 0. The number of pyridine rings is 1. The number of aromatic nitrogens is 4. The Kier molecular flexibility index (Phi) is 7.25. The molecule has 8 aromatic rings. The van der Waals surface area contributed by atoms with Gasteiger partial charge in [0.05, 0.1) is 22.4 Å². The average molecular weight is 629 g/mol. The summed E-state index contributed by atoms with van der Waals surface area (Å²) in [6.07, 6.45) is 12.3. The van der Waals surface area contributed by atoms with Crippen molar-refractivity contribution < 1.29 is 0 Å². The van der Waals surface area contributed by atoms with Crippen LogP contribution in [0.5, 0.6) is 0 Å². The number of allylic oxidation sites excluding steroid dienone is 4. The number of benzene rings is 5. The van der Waals surface area contributed by atoms with Gasteiger partial charge in [0.1, 0.15) is 0 Å². The van der Waals surface area contributed by atoms with Crippen LogP contribution >= 0.6 is 0 Å². The molecule has 0 amide bonds. The number of fused-ring (bicyclic) bond motifs is 3. The second kappa shape index (κ2) is 12.3. The SMILES string of the molecule is C1=CC(c2nc(-c3ccc(-c4cccnc4)cc3)cc(-c3ccc(-c4cccc5c6ccccc6n(-c6ccccc6)c45)cc3)n2)=CCC1. The van der Waals surface area contributed by atoms with E-state index in [1.54, 1.807) is 6.20 Å². The number of rotatable bonds is 6. The van der Waals surface area contributed by atoms with Gasteiger partial charge in [0.25, 0.3) is 0 Å². The molecule has 3 aromatic heterocycles. The molecule has 9 rings (SSSR count). The molecule has 1 aliphatic carbocycles. The Bertz CT molecular complexity index is 2510. The third-order valence-corrected chi connectivity index (χ3v) is 9.36. The summed E-state index contributed by atoms with van der Waals surface area (Å²) in [5, 5.41) is 2.50. The molecule has 3 heterocycles. The predicted octanol–water partition coefficient (Wildman–Crippen LogP) is 11.4. The quantitative estimate of drug-likeness (QED) is 0.184. The molecule has 0 spiro atoms. The van der Waals surface area contributed by atoms with Gasteiger partial charge in [0.15, 0.2) is 5.82 Å². The van der Waals surface area contributed by atoms with Crippen LogP contribution in [0.25, 0.3) is 77.8 Å². The Morgan fingerprint density at radius 3 is 1.94 bits per heavy atom. The van der Waals surface area contributed by atoms with E-state index in [1.807, 2.05) is 12.3 Å². The van der Waals surface area contributed by atoms with Crippen molar-refractivity contribution in [1.29, 1.82) is 0 Å². The van der Waals surface area contributed by atoms with Crippen LogP contribution in [-0.4, -0.2) is 19.5 Å². The zero-order chi connectivity index (χ0) is 32.6. The number of hydrogen-bond acceptors (Lipinski definition) is 3. The molecule has 0 saturated heterocycles. The highest BCUT2D eigenvalue weighted by Gasteiger charge is 2.17. The van der Waals surface area contributed by atoms with Crippen molar-refractivity contribution in [2.45, 2.75) is 12.8 Å². The van der Waals surface area contributed by atoms with Crippen molar-refractivity contribution in [3.63, 3.8) is 0 Å². The van der Waals surface area contributed by atoms with Crippen LogP contribution in [-0.2, 0) is 0 Å². The van der Waals surface area contributed by atoms with Crippen LogP contribution in [0.1, 0.15) is 18.7 Å². The lowest BCUT2D eigenvalue weighted by atomic mass is 9.99. The van der Waals surface area contributed by atoms with Gasteiger partial charge < -0.3 is 4.57 Å². The van der Waals surface area contributed by atoms with Gasteiger partial charge >= 0.3 is 0 Å². The monoisotopic (exact) mass is 628 g/mol. The van der Waals surface area contributed by atoms with Crippen LogP contribution in [0, 0.1) is 0 Å². The highest BCUT2D eigenvalue weighted by molar-refractivity contribution is 6.13. The zero-order valence-electron chi connectivity index (χ0n) is 26.9. The predicted molar refractivity (Wildman–Crippen MR) is 202 cm³/mol. The Hall–Kier alpha value is -6.39. The van der Waals surface area contributed by atoms with Crippen molar-refractivity contribution in [2.24, 2.45) is 0 Å². The Labute approximate surface area is 285 Å². The van der Waals surface area contributed by atoms with Crippen LogP contribution in [0.2, 0.25) is 0 Å². The Morgan fingerprint density at radius 1 is 0.531 bits per heavy atom. The highest BCUT2D eigenvalue weighted by Crippen LogP contribution is 2.39. The first kappa shape index (κ1) is 28.8. The highest BCUT2D eigenvalue weighted by atomic mass is 15.0. The molecule has 0 radical (unpaired) electrons. The van der Waals surface area contributed by atoms with Gasteiger partial charge in [-0.1, -0.05) is 127 Å². The van der Waals surface area contributed by atoms with Crippen LogP contribution in [0.15, 0.2) is 170 Å². The fraction of sp³-hybridized carbons (Fsp3) is 0.0444. The van der Waals surface area contributed by atoms with Crippen molar-refractivity contribution in [3.05, 3.63) is 176 Å². The molecule has 0 unspecified atom stereocenters. The van der Waals surface area contributed by atoms with Gasteiger partial charge in [-0.25, -0.2) is 9.97 Å². The second-order valence-electron chi connectivity index (χ2n) is 12.4. The van der Waals surface area contributed by atoms with Crippen molar-refractivity contribution in [3.8, 4) is 50.5 Å². The van der Waals surface area contributed by atoms with Gasteiger partial charge in [-0.15, -0.1) is 0 Å². The molecule has 0 bridgehead atoms. The number of hydrogen-bond donors (Lipinski definition) is 0. The van der Waals surface area contributed by atoms with Crippen LogP contribution < -0.4 is 0 Å². The first-order chi connectivity index (χ1) is 24.3. The molecule has 5 aromatic carbocycles. The van der Waals surface area contributed by atoms with E-state index in [9.17, 15) is 0 Å². The first-order valence-electron chi connectivity index (χ1n) is 16.8. The number of nitrogens with zero attached hydrogens (tertiary/aromatic N) is 4. The minimum Gasteiger partial charge on any atom is -0.309 e. The van der Waals surface area contributed by atoms with Gasteiger partial charge in [0.2, 0.25) is 0 Å². The van der Waals surface area contributed by atoms with Crippen molar-refractivity contribution in [1.82, 2.24) is 19.5 Å². The summed E-state index contributed by atoms with van der Waals surface area (Å²) in [5.74, 6) is 0.751. The van der Waals surface area contributed by atoms with E-state index in [0.717, 1.165) is 69.1 Å². The first-order valence-corrected chi connectivity index (χ1v) is 16.8. The fourth-order valence-corrected chi connectivity index (χ4v) is 6.94. The molecule has 232 valence electrons. The maximum atomic E-state index is 5.11.